The fraction of sp³-hybridized carbons (Fsp3) is 0.452. The van der Waals surface area contributed by atoms with Gasteiger partial charge in [0.2, 0.25) is 11.8 Å². The van der Waals surface area contributed by atoms with Crippen molar-refractivity contribution in [3.8, 4) is 0 Å². The van der Waals surface area contributed by atoms with Crippen LogP contribution >= 0.6 is 0 Å². The summed E-state index contributed by atoms with van der Waals surface area (Å²) in [4.78, 5) is 47.1. The fourth-order valence-electron chi connectivity index (χ4n) is 6.94. The van der Waals surface area contributed by atoms with Gasteiger partial charge in [-0.05, 0) is 42.2 Å². The molecule has 2 unspecified atom stereocenters. The van der Waals surface area contributed by atoms with Crippen molar-refractivity contribution in [3.05, 3.63) is 67.8 Å². The Balaban J connectivity index is 1.59. The Morgan fingerprint density at radius 3 is 2.54 bits per heavy atom. The monoisotopic (exact) mass is 531 g/mol. The van der Waals surface area contributed by atoms with Gasteiger partial charge in [0.25, 0.3) is 5.91 Å². The standard InChI is InChI=1S/C31H37N3O5/c1-5-16-32(4)28(36)25-24-14-15-31(39-24)26(25)29(37)34(22(7-3)19-35)27(31)30(38)33(17-6-2)23-13-12-20-10-8-9-11-21(20)18-23/h5-6,8-13,18,22,24-27,35H,1-2,7,14-17,19H2,3-4H3/t22-,24-,25+,26-,27?,31?/m0/s1. The number of carbonyl (C=O) groups excluding carboxylic acids is 3. The minimum Gasteiger partial charge on any atom is -0.394 e. The van der Waals surface area contributed by atoms with E-state index in [2.05, 4.69) is 13.2 Å². The van der Waals surface area contributed by atoms with Crippen LogP contribution in [0.1, 0.15) is 26.2 Å². The van der Waals surface area contributed by atoms with E-state index in [9.17, 15) is 19.5 Å². The van der Waals surface area contributed by atoms with E-state index in [4.69, 9.17) is 4.74 Å². The number of rotatable bonds is 10. The lowest BCUT2D eigenvalue weighted by Crippen LogP contribution is -2.59. The van der Waals surface area contributed by atoms with Crippen molar-refractivity contribution in [1.82, 2.24) is 9.80 Å². The number of aliphatic hydroxyl groups excluding tert-OH is 1. The third-order valence-electron chi connectivity index (χ3n) is 8.73. The van der Waals surface area contributed by atoms with Crippen LogP contribution < -0.4 is 4.90 Å². The molecule has 3 aliphatic rings. The minimum atomic E-state index is -1.13. The number of fused-ring (bicyclic) bond motifs is 2. The molecule has 2 aromatic rings. The molecule has 3 heterocycles. The number of ether oxygens (including phenoxy) is 1. The summed E-state index contributed by atoms with van der Waals surface area (Å²) in [6, 6.07) is 12.2. The number of anilines is 1. The molecule has 3 aliphatic heterocycles. The van der Waals surface area contributed by atoms with Gasteiger partial charge in [0.1, 0.15) is 11.6 Å². The van der Waals surface area contributed by atoms with E-state index in [-0.39, 0.29) is 30.9 Å². The second-order valence-electron chi connectivity index (χ2n) is 10.8. The van der Waals surface area contributed by atoms with Crippen molar-refractivity contribution in [1.29, 1.82) is 0 Å². The van der Waals surface area contributed by atoms with E-state index in [1.54, 1.807) is 29.0 Å². The fourth-order valence-corrected chi connectivity index (χ4v) is 6.94. The third-order valence-corrected chi connectivity index (χ3v) is 8.73. The molecular weight excluding hydrogens is 494 g/mol. The summed E-state index contributed by atoms with van der Waals surface area (Å²) in [6.07, 6.45) is 4.43. The molecule has 3 fully saturated rings. The van der Waals surface area contributed by atoms with Gasteiger partial charge in [0.05, 0.1) is 30.6 Å². The van der Waals surface area contributed by atoms with Gasteiger partial charge in [-0.3, -0.25) is 14.4 Å². The quantitative estimate of drug-likeness (QED) is 0.476. The first-order chi connectivity index (χ1) is 18.8. The van der Waals surface area contributed by atoms with Crippen molar-refractivity contribution in [2.75, 3.05) is 31.6 Å². The topological polar surface area (TPSA) is 90.4 Å². The maximum absolute atomic E-state index is 14.6. The first-order valence-corrected chi connectivity index (χ1v) is 13.7. The largest absolute Gasteiger partial charge is 0.394 e. The molecule has 2 aromatic carbocycles. The van der Waals surface area contributed by atoms with Crippen molar-refractivity contribution in [2.24, 2.45) is 11.8 Å². The lowest BCUT2D eigenvalue weighted by Gasteiger charge is -2.39. The molecule has 8 heteroatoms. The molecule has 2 bridgehead atoms. The van der Waals surface area contributed by atoms with Gasteiger partial charge >= 0.3 is 0 Å². The van der Waals surface area contributed by atoms with Gasteiger partial charge in [0.15, 0.2) is 0 Å². The smallest absolute Gasteiger partial charge is 0.253 e. The van der Waals surface area contributed by atoms with Crippen molar-refractivity contribution in [3.63, 3.8) is 0 Å². The van der Waals surface area contributed by atoms with Crippen LogP contribution in [0.4, 0.5) is 5.69 Å². The lowest BCUT2D eigenvalue weighted by molar-refractivity contribution is -0.146. The molecule has 0 saturated carbocycles. The summed E-state index contributed by atoms with van der Waals surface area (Å²) in [5.74, 6) is -2.23. The normalized spacial score (nSPS) is 27.9. The number of hydrogen-bond donors (Lipinski definition) is 1. The zero-order chi connectivity index (χ0) is 27.9. The van der Waals surface area contributed by atoms with Gasteiger partial charge in [-0.1, -0.05) is 49.4 Å². The van der Waals surface area contributed by atoms with Gasteiger partial charge in [-0.15, -0.1) is 13.2 Å². The van der Waals surface area contributed by atoms with E-state index < -0.39 is 35.6 Å². The van der Waals surface area contributed by atoms with Gasteiger partial charge in [-0.2, -0.15) is 0 Å². The van der Waals surface area contributed by atoms with Gasteiger partial charge in [0, 0.05) is 25.8 Å². The summed E-state index contributed by atoms with van der Waals surface area (Å²) >= 11 is 0. The van der Waals surface area contributed by atoms with Crippen LogP contribution in [0.25, 0.3) is 10.8 Å². The molecule has 39 heavy (non-hydrogen) atoms. The van der Waals surface area contributed by atoms with Gasteiger partial charge in [-0.25, -0.2) is 0 Å². The Bertz CT molecular complexity index is 1310. The number of benzene rings is 2. The number of likely N-dealkylation sites (N-methyl/N-ethyl adjacent to an activating group) is 1. The molecule has 1 spiro atoms. The number of nitrogens with zero attached hydrogens (tertiary/aromatic N) is 3. The Morgan fingerprint density at radius 1 is 1.15 bits per heavy atom. The molecule has 0 radical (unpaired) electrons. The number of aliphatic hydroxyl groups is 1. The van der Waals surface area contributed by atoms with Crippen molar-refractivity contribution < 1.29 is 24.2 Å². The first-order valence-electron chi connectivity index (χ1n) is 13.7. The average molecular weight is 532 g/mol. The summed E-state index contributed by atoms with van der Waals surface area (Å²) < 4.78 is 6.56. The maximum atomic E-state index is 14.6. The Kier molecular flexibility index (Phi) is 7.35. The lowest BCUT2D eigenvalue weighted by atomic mass is 9.70. The van der Waals surface area contributed by atoms with E-state index >= 15 is 0 Å². The molecule has 5 rings (SSSR count). The summed E-state index contributed by atoms with van der Waals surface area (Å²) in [5.41, 5.74) is -0.443. The molecule has 6 atom stereocenters. The average Bonchev–Trinajstić information content (AvgIpc) is 3.59. The highest BCUT2D eigenvalue weighted by Crippen LogP contribution is 2.59. The Labute approximate surface area is 229 Å². The highest BCUT2D eigenvalue weighted by Gasteiger charge is 2.75. The molecule has 8 nitrogen and oxygen atoms in total. The third kappa shape index (κ3) is 4.17. The van der Waals surface area contributed by atoms with Crippen LogP contribution in [0.5, 0.6) is 0 Å². The molecule has 1 N–H and O–H groups in total. The SMILES string of the molecule is C=CCN(C)C(=O)[C@@H]1[C@@H]2CCC3(O2)C(C(=O)N(CC=C)c2ccc4ccccc4c2)N([C@@H](CC)CO)C(=O)[C@H]13. The van der Waals surface area contributed by atoms with Crippen LogP contribution in [-0.2, 0) is 19.1 Å². The number of likely N-dealkylation sites (tertiary alicyclic amines) is 1. The summed E-state index contributed by atoms with van der Waals surface area (Å²) in [5, 5.41) is 12.3. The van der Waals surface area contributed by atoms with E-state index in [0.717, 1.165) is 10.8 Å². The maximum Gasteiger partial charge on any atom is 0.253 e. The molecule has 3 saturated heterocycles. The molecule has 206 valence electrons. The highest BCUT2D eigenvalue weighted by atomic mass is 16.5. The number of carbonyl (C=O) groups is 3. The highest BCUT2D eigenvalue weighted by molar-refractivity contribution is 6.06. The zero-order valence-corrected chi connectivity index (χ0v) is 22.7. The van der Waals surface area contributed by atoms with Crippen LogP contribution in [0, 0.1) is 11.8 Å². The second-order valence-corrected chi connectivity index (χ2v) is 10.8. The Hall–Kier alpha value is -3.49. The Morgan fingerprint density at radius 2 is 1.87 bits per heavy atom. The minimum absolute atomic E-state index is 0.178. The summed E-state index contributed by atoms with van der Waals surface area (Å²) in [6.45, 7) is 9.79. The molecule has 0 aliphatic carbocycles. The van der Waals surface area contributed by atoms with E-state index in [1.807, 2.05) is 49.4 Å². The van der Waals surface area contributed by atoms with Crippen LogP contribution in [0.2, 0.25) is 0 Å². The van der Waals surface area contributed by atoms with Crippen LogP contribution in [0.15, 0.2) is 67.8 Å². The van der Waals surface area contributed by atoms with Crippen molar-refractivity contribution >= 4 is 34.2 Å². The first kappa shape index (κ1) is 27.1. The predicted octanol–water partition coefficient (Wildman–Crippen LogP) is 3.15. The molecule has 0 aromatic heterocycles. The van der Waals surface area contributed by atoms with Crippen molar-refractivity contribution in [2.45, 2.75) is 50.0 Å². The second kappa shape index (κ2) is 10.6. The number of amides is 3. The summed E-state index contributed by atoms with van der Waals surface area (Å²) in [7, 11) is 1.69. The molecule has 3 amide bonds. The van der Waals surface area contributed by atoms with E-state index in [0.29, 0.717) is 31.5 Å². The van der Waals surface area contributed by atoms with Gasteiger partial charge < -0.3 is 24.5 Å². The molecular formula is C31H37N3O5. The van der Waals surface area contributed by atoms with Crippen LogP contribution in [-0.4, -0.2) is 83.2 Å². The van der Waals surface area contributed by atoms with Crippen LogP contribution in [0.3, 0.4) is 0 Å². The zero-order valence-electron chi connectivity index (χ0n) is 22.7. The predicted molar refractivity (Wildman–Crippen MR) is 150 cm³/mol. The van der Waals surface area contributed by atoms with E-state index in [1.165, 1.54) is 4.90 Å². The number of hydrogen-bond acceptors (Lipinski definition) is 5.